The highest BCUT2D eigenvalue weighted by molar-refractivity contribution is 7.18. The van der Waals surface area contributed by atoms with Crippen LogP contribution in [0.5, 0.6) is 6.01 Å². The number of piperidine rings is 1. The molecule has 5 rings (SSSR count). The molecule has 2 saturated heterocycles. The first kappa shape index (κ1) is 29.6. The molecule has 13 nitrogen and oxygen atoms in total. The molecule has 0 atom stereocenters. The average molecular weight is 596 g/mol. The number of nitrogens with zero attached hydrogens (tertiary/aromatic N) is 8. The minimum absolute atomic E-state index is 0.0517. The molecule has 0 radical (unpaired) electrons. The number of hydrogen-bond donors (Lipinski definition) is 1. The van der Waals surface area contributed by atoms with E-state index in [1.807, 2.05) is 25.7 Å². The van der Waals surface area contributed by atoms with Gasteiger partial charge in [-0.2, -0.15) is 4.98 Å². The quantitative estimate of drug-likeness (QED) is 0.428. The maximum Gasteiger partial charge on any atom is 0.410 e. The number of likely N-dealkylation sites (N-methyl/N-ethyl adjacent to an activating group) is 1. The van der Waals surface area contributed by atoms with Crippen LogP contribution in [0.25, 0.3) is 10.6 Å². The molecular formula is C28H37N9O4S. The van der Waals surface area contributed by atoms with Gasteiger partial charge in [0.05, 0.1) is 16.1 Å². The van der Waals surface area contributed by atoms with Gasteiger partial charge in [-0.15, -0.1) is 0 Å². The lowest BCUT2D eigenvalue weighted by Crippen LogP contribution is -2.48. The lowest BCUT2D eigenvalue weighted by molar-refractivity contribution is 0.0119. The summed E-state index contributed by atoms with van der Waals surface area (Å²) in [7, 11) is 0. The third-order valence-corrected chi connectivity index (χ3v) is 7.92. The molecule has 2 fully saturated rings. The van der Waals surface area contributed by atoms with Crippen molar-refractivity contribution in [1.82, 2.24) is 39.6 Å². The Morgan fingerprint density at radius 3 is 2.36 bits per heavy atom. The largest absolute Gasteiger partial charge is 0.460 e. The molecule has 0 aliphatic carbocycles. The molecule has 14 heteroatoms. The van der Waals surface area contributed by atoms with Crippen LogP contribution in [-0.2, 0) is 4.74 Å². The zero-order valence-corrected chi connectivity index (χ0v) is 25.3. The number of piperazine rings is 1. The van der Waals surface area contributed by atoms with Crippen molar-refractivity contribution in [2.75, 3.05) is 51.1 Å². The summed E-state index contributed by atoms with van der Waals surface area (Å²) in [6.45, 7) is 13.0. The Balaban J connectivity index is 1.13. The van der Waals surface area contributed by atoms with E-state index in [2.05, 4.69) is 42.1 Å². The molecule has 0 saturated carbocycles. The summed E-state index contributed by atoms with van der Waals surface area (Å²) in [4.78, 5) is 53.8. The zero-order valence-electron chi connectivity index (χ0n) is 24.4. The number of amides is 2. The lowest BCUT2D eigenvalue weighted by Gasteiger charge is -2.33. The molecule has 5 heterocycles. The van der Waals surface area contributed by atoms with Crippen LogP contribution in [0.3, 0.4) is 0 Å². The maximum absolute atomic E-state index is 12.8. The third kappa shape index (κ3) is 7.68. The fourth-order valence-corrected chi connectivity index (χ4v) is 5.45. The SMILES string of the molecule is CCN1CCN(C(=O)c2cnc(Nc3ncc(-c4ccnc(OC5CCN(C(=O)OC(C)(C)C)CC5)n4)s3)nc2)CC1. The Kier molecular flexibility index (Phi) is 9.12. The van der Waals surface area contributed by atoms with Gasteiger partial charge in [-0.05, 0) is 33.4 Å². The van der Waals surface area contributed by atoms with Crippen molar-refractivity contribution in [1.29, 1.82) is 0 Å². The predicted octanol–water partition coefficient (Wildman–Crippen LogP) is 3.69. The van der Waals surface area contributed by atoms with E-state index in [-0.39, 0.29) is 24.1 Å². The first-order chi connectivity index (χ1) is 20.2. The number of anilines is 2. The molecule has 0 unspecified atom stereocenters. The number of thiazole rings is 1. The highest BCUT2D eigenvalue weighted by atomic mass is 32.1. The van der Waals surface area contributed by atoms with Gasteiger partial charge in [-0.25, -0.2) is 24.7 Å². The van der Waals surface area contributed by atoms with E-state index in [1.54, 1.807) is 35.8 Å². The summed E-state index contributed by atoms with van der Waals surface area (Å²) in [5.41, 5.74) is 0.628. The van der Waals surface area contributed by atoms with E-state index in [1.165, 1.54) is 11.3 Å². The second-order valence-corrected chi connectivity index (χ2v) is 12.2. The molecule has 0 bridgehead atoms. The van der Waals surface area contributed by atoms with Crippen LogP contribution in [0.4, 0.5) is 15.9 Å². The molecule has 2 aliphatic rings. The normalized spacial score (nSPS) is 16.8. The van der Waals surface area contributed by atoms with Crippen LogP contribution >= 0.6 is 11.3 Å². The van der Waals surface area contributed by atoms with Crippen molar-refractivity contribution >= 4 is 34.4 Å². The van der Waals surface area contributed by atoms with E-state index in [4.69, 9.17) is 9.47 Å². The number of nitrogens with one attached hydrogen (secondary N) is 1. The van der Waals surface area contributed by atoms with Crippen LogP contribution in [0, 0.1) is 0 Å². The number of carbonyl (C=O) groups excluding carboxylic acids is 2. The van der Waals surface area contributed by atoms with Crippen molar-refractivity contribution in [3.63, 3.8) is 0 Å². The van der Waals surface area contributed by atoms with Crippen LogP contribution in [-0.4, -0.2) is 109 Å². The van der Waals surface area contributed by atoms with Gasteiger partial charge in [0.1, 0.15) is 11.7 Å². The highest BCUT2D eigenvalue weighted by Crippen LogP contribution is 2.30. The Morgan fingerprint density at radius 1 is 0.976 bits per heavy atom. The summed E-state index contributed by atoms with van der Waals surface area (Å²) >= 11 is 1.39. The number of rotatable bonds is 7. The molecule has 42 heavy (non-hydrogen) atoms. The molecule has 3 aromatic heterocycles. The number of hydrogen-bond acceptors (Lipinski definition) is 12. The lowest BCUT2D eigenvalue weighted by atomic mass is 10.1. The van der Waals surface area contributed by atoms with Crippen molar-refractivity contribution in [2.45, 2.75) is 52.2 Å². The molecular weight excluding hydrogens is 558 g/mol. The van der Waals surface area contributed by atoms with Crippen molar-refractivity contribution < 1.29 is 19.1 Å². The predicted molar refractivity (Wildman–Crippen MR) is 158 cm³/mol. The Bertz CT molecular complexity index is 1360. The number of ether oxygens (including phenoxy) is 2. The number of likely N-dealkylation sites (tertiary alicyclic amines) is 1. The van der Waals surface area contributed by atoms with Gasteiger partial charge in [-0.1, -0.05) is 18.3 Å². The second-order valence-electron chi connectivity index (χ2n) is 11.2. The van der Waals surface area contributed by atoms with Crippen LogP contribution in [0.1, 0.15) is 50.9 Å². The minimum atomic E-state index is -0.521. The second kappa shape index (κ2) is 12.9. The van der Waals surface area contributed by atoms with E-state index >= 15 is 0 Å². The van der Waals surface area contributed by atoms with E-state index < -0.39 is 5.60 Å². The van der Waals surface area contributed by atoms with Gasteiger partial charge in [-0.3, -0.25) is 4.79 Å². The molecule has 2 aliphatic heterocycles. The van der Waals surface area contributed by atoms with E-state index in [9.17, 15) is 9.59 Å². The Labute approximate surface area is 249 Å². The van der Waals surface area contributed by atoms with Crippen LogP contribution in [0.2, 0.25) is 0 Å². The topological polar surface area (TPSA) is 139 Å². The minimum Gasteiger partial charge on any atom is -0.460 e. The molecule has 0 aromatic carbocycles. The maximum atomic E-state index is 12.8. The van der Waals surface area contributed by atoms with Gasteiger partial charge in [0, 0.05) is 76.9 Å². The molecule has 224 valence electrons. The first-order valence-electron chi connectivity index (χ1n) is 14.2. The zero-order chi connectivity index (χ0) is 29.7. The average Bonchev–Trinajstić information content (AvgIpc) is 3.45. The fraction of sp³-hybridized carbons (Fsp3) is 0.536. The smallest absolute Gasteiger partial charge is 0.410 e. The number of aromatic nitrogens is 5. The van der Waals surface area contributed by atoms with Gasteiger partial charge < -0.3 is 29.5 Å². The summed E-state index contributed by atoms with van der Waals surface area (Å²) in [6, 6.07) is 2.08. The Hall–Kier alpha value is -3.91. The van der Waals surface area contributed by atoms with Gasteiger partial charge >= 0.3 is 12.1 Å². The molecule has 1 N–H and O–H groups in total. The van der Waals surface area contributed by atoms with Crippen LogP contribution in [0.15, 0.2) is 30.9 Å². The highest BCUT2D eigenvalue weighted by Gasteiger charge is 2.28. The third-order valence-electron chi connectivity index (χ3n) is 6.98. The molecule has 3 aromatic rings. The van der Waals surface area contributed by atoms with E-state index in [0.29, 0.717) is 61.4 Å². The summed E-state index contributed by atoms with van der Waals surface area (Å²) in [5.74, 6) is 0.303. The summed E-state index contributed by atoms with van der Waals surface area (Å²) in [5, 5.41) is 3.69. The Morgan fingerprint density at radius 2 is 1.69 bits per heavy atom. The summed E-state index contributed by atoms with van der Waals surface area (Å²) in [6.07, 6.45) is 7.40. The van der Waals surface area contributed by atoms with Gasteiger partial charge in [0.25, 0.3) is 5.91 Å². The van der Waals surface area contributed by atoms with Crippen molar-refractivity contribution in [3.8, 4) is 16.6 Å². The molecule has 0 spiro atoms. The van der Waals surface area contributed by atoms with Gasteiger partial charge in [0.15, 0.2) is 5.13 Å². The monoisotopic (exact) mass is 595 g/mol. The van der Waals surface area contributed by atoms with E-state index in [0.717, 1.165) is 24.5 Å². The standard InChI is InChI=1S/C28H37N9O4S/c1-5-35-12-14-36(15-13-35)23(38)19-16-30-24(31-17-19)34-26-32-18-22(42-26)21-6-9-29-25(33-21)40-20-7-10-37(11-8-20)27(39)41-28(2,3)4/h6,9,16-18,20H,5,7-8,10-15H2,1-4H3,(H,30,31,32,34). The first-order valence-corrected chi connectivity index (χ1v) is 15.0. The summed E-state index contributed by atoms with van der Waals surface area (Å²) < 4.78 is 11.5. The van der Waals surface area contributed by atoms with Crippen molar-refractivity contribution in [2.24, 2.45) is 0 Å². The fourth-order valence-electron chi connectivity index (χ4n) is 4.67. The number of carbonyl (C=O) groups is 2. The van der Waals surface area contributed by atoms with Gasteiger partial charge in [0.2, 0.25) is 5.95 Å². The van der Waals surface area contributed by atoms with Crippen LogP contribution < -0.4 is 10.1 Å². The van der Waals surface area contributed by atoms with Crippen molar-refractivity contribution in [3.05, 3.63) is 36.4 Å². The molecule has 2 amide bonds.